The van der Waals surface area contributed by atoms with E-state index in [1.165, 1.54) is 10.4 Å². The number of methoxy groups -OCH3 is 1. The Morgan fingerprint density at radius 3 is 2.50 bits per heavy atom. The zero-order chi connectivity index (χ0) is 28.1. The molecule has 0 unspecified atom stereocenters. The highest BCUT2D eigenvalue weighted by molar-refractivity contribution is 7.10. The van der Waals surface area contributed by atoms with Gasteiger partial charge in [0.2, 0.25) is 5.91 Å². The van der Waals surface area contributed by atoms with Gasteiger partial charge in [0.05, 0.1) is 19.3 Å². The molecule has 2 atom stereocenters. The Morgan fingerprint density at radius 2 is 1.82 bits per heavy atom. The van der Waals surface area contributed by atoms with Gasteiger partial charge in [-0.25, -0.2) is 0 Å². The monoisotopic (exact) mass is 562 g/mol. The van der Waals surface area contributed by atoms with Gasteiger partial charge in [-0.15, -0.1) is 11.3 Å². The quantitative estimate of drug-likeness (QED) is 0.317. The van der Waals surface area contributed by atoms with Crippen molar-refractivity contribution in [1.29, 1.82) is 0 Å². The minimum atomic E-state index is -0.215. The SMILES string of the molecule is COc1ccc(C(=O)N(CC(=O)N2CCc3sccc3[C@H]2COc2ccc(C(C)C)cc2)C[C@H]2CCCO2)cc1. The summed E-state index contributed by atoms with van der Waals surface area (Å²) in [6.07, 6.45) is 2.59. The van der Waals surface area contributed by atoms with Crippen molar-refractivity contribution in [2.45, 2.75) is 51.2 Å². The average molecular weight is 563 g/mol. The van der Waals surface area contributed by atoms with Crippen LogP contribution in [-0.2, 0) is 16.0 Å². The summed E-state index contributed by atoms with van der Waals surface area (Å²) in [5.74, 6) is 1.65. The Balaban J connectivity index is 1.33. The van der Waals surface area contributed by atoms with E-state index in [9.17, 15) is 9.59 Å². The molecule has 5 rings (SSSR count). The maximum atomic E-state index is 13.9. The number of ether oxygens (including phenoxy) is 3. The van der Waals surface area contributed by atoms with E-state index in [0.29, 0.717) is 43.5 Å². The van der Waals surface area contributed by atoms with Crippen molar-refractivity contribution in [3.05, 3.63) is 81.5 Å². The van der Waals surface area contributed by atoms with Crippen molar-refractivity contribution < 1.29 is 23.8 Å². The fourth-order valence-corrected chi connectivity index (χ4v) is 6.35. The lowest BCUT2D eigenvalue weighted by molar-refractivity contribution is -0.135. The molecule has 2 aliphatic heterocycles. The minimum Gasteiger partial charge on any atom is -0.497 e. The first-order valence-corrected chi connectivity index (χ1v) is 14.9. The number of rotatable bonds is 10. The third-order valence-electron chi connectivity index (χ3n) is 7.77. The molecule has 2 aliphatic rings. The Labute approximate surface area is 240 Å². The van der Waals surface area contributed by atoms with Crippen LogP contribution in [0.2, 0.25) is 0 Å². The van der Waals surface area contributed by atoms with Crippen molar-refractivity contribution in [3.8, 4) is 11.5 Å². The van der Waals surface area contributed by atoms with E-state index in [4.69, 9.17) is 14.2 Å². The zero-order valence-corrected chi connectivity index (χ0v) is 24.3. The van der Waals surface area contributed by atoms with Gasteiger partial charge < -0.3 is 24.0 Å². The zero-order valence-electron chi connectivity index (χ0n) is 23.5. The summed E-state index contributed by atoms with van der Waals surface area (Å²) in [6, 6.07) is 17.1. The topological polar surface area (TPSA) is 68.3 Å². The van der Waals surface area contributed by atoms with E-state index < -0.39 is 0 Å². The smallest absolute Gasteiger partial charge is 0.254 e. The molecular weight excluding hydrogens is 524 g/mol. The molecule has 0 saturated carbocycles. The predicted octanol–water partition coefficient (Wildman–Crippen LogP) is 5.71. The molecule has 212 valence electrons. The van der Waals surface area contributed by atoms with Crippen molar-refractivity contribution in [1.82, 2.24) is 9.80 Å². The number of hydrogen-bond acceptors (Lipinski definition) is 6. The number of nitrogens with zero attached hydrogens (tertiary/aromatic N) is 2. The molecule has 1 fully saturated rings. The van der Waals surface area contributed by atoms with Crippen LogP contribution in [-0.4, -0.2) is 67.7 Å². The van der Waals surface area contributed by atoms with Gasteiger partial charge in [0.1, 0.15) is 24.7 Å². The van der Waals surface area contributed by atoms with Crippen molar-refractivity contribution >= 4 is 23.2 Å². The van der Waals surface area contributed by atoms with Gasteiger partial charge in [0, 0.05) is 30.1 Å². The van der Waals surface area contributed by atoms with Crippen LogP contribution in [0.1, 0.15) is 65.0 Å². The van der Waals surface area contributed by atoms with Crippen LogP contribution in [0.5, 0.6) is 11.5 Å². The molecule has 1 aromatic heterocycles. The highest BCUT2D eigenvalue weighted by atomic mass is 32.1. The number of fused-ring (bicyclic) bond motifs is 1. The number of amides is 2. The van der Waals surface area contributed by atoms with E-state index in [1.807, 2.05) is 17.0 Å². The minimum absolute atomic E-state index is 0.0101. The van der Waals surface area contributed by atoms with Crippen LogP contribution in [0.3, 0.4) is 0 Å². The molecule has 40 heavy (non-hydrogen) atoms. The van der Waals surface area contributed by atoms with Crippen LogP contribution in [0.25, 0.3) is 0 Å². The largest absolute Gasteiger partial charge is 0.497 e. The van der Waals surface area contributed by atoms with E-state index in [2.05, 4.69) is 37.4 Å². The van der Waals surface area contributed by atoms with E-state index in [0.717, 1.165) is 30.6 Å². The summed E-state index contributed by atoms with van der Waals surface area (Å²) in [4.78, 5) is 32.3. The lowest BCUT2D eigenvalue weighted by Crippen LogP contribution is -2.49. The lowest BCUT2D eigenvalue weighted by Gasteiger charge is -2.37. The third kappa shape index (κ3) is 6.50. The molecule has 2 amide bonds. The number of carbonyl (C=O) groups excluding carboxylic acids is 2. The average Bonchev–Trinajstić information content (AvgIpc) is 3.68. The molecule has 0 radical (unpaired) electrons. The first-order valence-electron chi connectivity index (χ1n) is 14.1. The molecule has 7 nitrogen and oxygen atoms in total. The van der Waals surface area contributed by atoms with Crippen molar-refractivity contribution in [2.75, 3.05) is 40.0 Å². The van der Waals surface area contributed by atoms with Crippen LogP contribution in [0.4, 0.5) is 0 Å². The summed E-state index contributed by atoms with van der Waals surface area (Å²) >= 11 is 1.73. The number of benzene rings is 2. The van der Waals surface area contributed by atoms with Gasteiger partial charge in [-0.05, 0) is 84.2 Å². The Hall–Kier alpha value is -3.36. The fraction of sp³-hybridized carbons (Fsp3) is 0.438. The van der Waals surface area contributed by atoms with E-state index >= 15 is 0 Å². The van der Waals surface area contributed by atoms with Crippen LogP contribution in [0, 0.1) is 0 Å². The number of hydrogen-bond donors (Lipinski definition) is 0. The second-order valence-corrected chi connectivity index (χ2v) is 11.7. The number of thiophene rings is 1. The summed E-state index contributed by atoms with van der Waals surface area (Å²) in [7, 11) is 1.59. The van der Waals surface area contributed by atoms with E-state index in [1.54, 1.807) is 47.6 Å². The van der Waals surface area contributed by atoms with Crippen LogP contribution >= 0.6 is 11.3 Å². The molecule has 0 N–H and O–H groups in total. The summed E-state index contributed by atoms with van der Waals surface area (Å²) in [5.41, 5.74) is 2.92. The fourth-order valence-electron chi connectivity index (χ4n) is 5.42. The third-order valence-corrected chi connectivity index (χ3v) is 8.76. The molecular formula is C32H38N2O5S. The van der Waals surface area contributed by atoms with Gasteiger partial charge >= 0.3 is 0 Å². The second kappa shape index (κ2) is 12.9. The van der Waals surface area contributed by atoms with Gasteiger partial charge in [-0.3, -0.25) is 9.59 Å². The Morgan fingerprint density at radius 1 is 1.07 bits per heavy atom. The molecule has 8 heteroatoms. The molecule has 0 spiro atoms. The van der Waals surface area contributed by atoms with Gasteiger partial charge in [-0.2, -0.15) is 0 Å². The summed E-state index contributed by atoms with van der Waals surface area (Å²) < 4.78 is 17.3. The summed E-state index contributed by atoms with van der Waals surface area (Å²) in [6.45, 7) is 6.35. The first kappa shape index (κ1) is 28.2. The second-order valence-electron chi connectivity index (χ2n) is 10.7. The lowest BCUT2D eigenvalue weighted by atomic mass is 10.00. The highest BCUT2D eigenvalue weighted by Crippen LogP contribution is 2.34. The van der Waals surface area contributed by atoms with Crippen LogP contribution in [0.15, 0.2) is 60.0 Å². The first-order chi connectivity index (χ1) is 19.4. The standard InChI is InChI=1S/C32H38N2O5S/c1-22(2)23-6-12-26(13-7-23)39-21-29-28-15-18-40-30(28)14-16-34(29)31(35)20-33(19-27-5-4-17-38-27)32(36)24-8-10-25(37-3)11-9-24/h6-13,15,18,22,27,29H,4-5,14,16-17,19-21H2,1-3H3/t27-,29-/m1/s1. The molecule has 2 aromatic carbocycles. The summed E-state index contributed by atoms with van der Waals surface area (Å²) in [5, 5.41) is 2.08. The molecule has 3 aromatic rings. The highest BCUT2D eigenvalue weighted by Gasteiger charge is 2.34. The Kier molecular flexibility index (Phi) is 9.07. The van der Waals surface area contributed by atoms with Gasteiger partial charge in [0.15, 0.2) is 0 Å². The molecule has 0 bridgehead atoms. The number of carbonyl (C=O) groups is 2. The molecule has 0 aliphatic carbocycles. The maximum absolute atomic E-state index is 13.9. The van der Waals surface area contributed by atoms with Crippen molar-refractivity contribution in [2.24, 2.45) is 0 Å². The predicted molar refractivity (Wildman–Crippen MR) is 156 cm³/mol. The molecule has 3 heterocycles. The van der Waals surface area contributed by atoms with Crippen LogP contribution < -0.4 is 9.47 Å². The maximum Gasteiger partial charge on any atom is 0.254 e. The normalized spacial score (nSPS) is 18.4. The molecule has 1 saturated heterocycles. The Bertz CT molecular complexity index is 1280. The van der Waals surface area contributed by atoms with Gasteiger partial charge in [0.25, 0.3) is 5.91 Å². The van der Waals surface area contributed by atoms with Crippen molar-refractivity contribution in [3.63, 3.8) is 0 Å². The van der Waals surface area contributed by atoms with Gasteiger partial charge in [-0.1, -0.05) is 26.0 Å². The van der Waals surface area contributed by atoms with E-state index in [-0.39, 0.29) is 30.5 Å².